The summed E-state index contributed by atoms with van der Waals surface area (Å²) in [6.07, 6.45) is 1.86. The van der Waals surface area contributed by atoms with Crippen LogP contribution in [0.4, 0.5) is 5.69 Å². The van der Waals surface area contributed by atoms with Crippen LogP contribution in [0.3, 0.4) is 0 Å². The number of benzene rings is 2. The lowest BCUT2D eigenvalue weighted by molar-refractivity contribution is -0.141. The minimum absolute atomic E-state index is 0.0551. The lowest BCUT2D eigenvalue weighted by Gasteiger charge is -2.31. The van der Waals surface area contributed by atoms with Crippen LogP contribution >= 0.6 is 11.6 Å². The van der Waals surface area contributed by atoms with Crippen molar-refractivity contribution in [3.63, 3.8) is 0 Å². The average Bonchev–Trinajstić information content (AvgIpc) is 2.85. The zero-order chi connectivity index (χ0) is 27.6. The van der Waals surface area contributed by atoms with Gasteiger partial charge in [0.2, 0.25) is 21.8 Å². The molecule has 0 unspecified atom stereocenters. The van der Waals surface area contributed by atoms with Crippen LogP contribution in [0.15, 0.2) is 48.5 Å². The van der Waals surface area contributed by atoms with Gasteiger partial charge in [-0.25, -0.2) is 8.42 Å². The van der Waals surface area contributed by atoms with Gasteiger partial charge >= 0.3 is 0 Å². The van der Waals surface area contributed by atoms with Gasteiger partial charge in [0.25, 0.3) is 0 Å². The van der Waals surface area contributed by atoms with Crippen molar-refractivity contribution in [2.75, 3.05) is 30.8 Å². The second-order valence-electron chi connectivity index (χ2n) is 9.29. The average molecular weight is 552 g/mol. The van der Waals surface area contributed by atoms with Gasteiger partial charge in [-0.05, 0) is 42.5 Å². The summed E-state index contributed by atoms with van der Waals surface area (Å²) in [5, 5.41) is 3.44. The summed E-state index contributed by atoms with van der Waals surface area (Å²) in [6.45, 7) is 6.63. The van der Waals surface area contributed by atoms with Crippen LogP contribution in [0.5, 0.6) is 5.75 Å². The zero-order valence-corrected chi connectivity index (χ0v) is 23.8. The molecule has 37 heavy (non-hydrogen) atoms. The third-order valence-electron chi connectivity index (χ3n) is 5.88. The van der Waals surface area contributed by atoms with E-state index in [1.165, 1.54) is 11.4 Å². The molecule has 0 spiro atoms. The number of sulfonamides is 1. The molecule has 2 aromatic rings. The second-order valence-corrected chi connectivity index (χ2v) is 11.6. The summed E-state index contributed by atoms with van der Waals surface area (Å²) in [4.78, 5) is 28.1. The summed E-state index contributed by atoms with van der Waals surface area (Å²) < 4.78 is 31.7. The Balaban J connectivity index is 2.25. The van der Waals surface area contributed by atoms with E-state index in [0.717, 1.165) is 11.8 Å². The molecule has 1 atom stereocenters. The highest BCUT2D eigenvalue weighted by Crippen LogP contribution is 2.30. The molecule has 0 bridgehead atoms. The van der Waals surface area contributed by atoms with E-state index in [1.54, 1.807) is 35.2 Å². The van der Waals surface area contributed by atoms with E-state index in [4.69, 9.17) is 16.3 Å². The predicted molar refractivity (Wildman–Crippen MR) is 148 cm³/mol. The molecule has 2 rings (SSSR count). The molecule has 204 valence electrons. The van der Waals surface area contributed by atoms with Gasteiger partial charge in [-0.15, -0.1) is 0 Å². The predicted octanol–water partition coefficient (Wildman–Crippen LogP) is 4.47. The Bertz CT molecular complexity index is 1160. The summed E-state index contributed by atoms with van der Waals surface area (Å²) in [5.41, 5.74) is 1.15. The number of methoxy groups -OCH3 is 1. The maximum Gasteiger partial charge on any atom is 0.242 e. The molecule has 0 heterocycles. The SMILES string of the molecule is CC[C@@H](C(=O)NCC(C)C)N(Cc1ccccc1Cl)C(=O)CCCN(c1ccccc1OC)S(C)(=O)=O. The topological polar surface area (TPSA) is 96.0 Å². The maximum atomic E-state index is 13.5. The zero-order valence-electron chi connectivity index (χ0n) is 22.2. The van der Waals surface area contributed by atoms with E-state index in [0.29, 0.717) is 29.4 Å². The monoisotopic (exact) mass is 551 g/mol. The summed E-state index contributed by atoms with van der Waals surface area (Å²) in [7, 11) is -2.15. The first kappa shape index (κ1) is 30.4. The molecule has 0 aromatic heterocycles. The standard InChI is InChI=1S/C27H38ClN3O5S/c1-6-23(27(33)29-18-20(2)3)30(19-21-12-7-8-13-22(21)28)26(32)16-11-17-31(37(5,34)35)24-14-9-10-15-25(24)36-4/h7-10,12-15,20,23H,6,11,16-19H2,1-5H3,(H,29,33)/t23-/m0/s1. The van der Waals surface area contributed by atoms with Crippen molar-refractivity contribution in [2.24, 2.45) is 5.92 Å². The number of nitrogens with zero attached hydrogens (tertiary/aromatic N) is 2. The molecule has 0 aliphatic heterocycles. The van der Waals surface area contributed by atoms with Gasteiger partial charge < -0.3 is 15.0 Å². The summed E-state index contributed by atoms with van der Waals surface area (Å²) >= 11 is 6.37. The highest BCUT2D eigenvalue weighted by molar-refractivity contribution is 7.92. The van der Waals surface area contributed by atoms with Crippen molar-refractivity contribution in [1.82, 2.24) is 10.2 Å². The highest BCUT2D eigenvalue weighted by atomic mass is 35.5. The van der Waals surface area contributed by atoms with Crippen molar-refractivity contribution >= 4 is 39.1 Å². The van der Waals surface area contributed by atoms with Crippen molar-refractivity contribution in [3.8, 4) is 5.75 Å². The van der Waals surface area contributed by atoms with Crippen LogP contribution in [-0.2, 0) is 26.2 Å². The van der Waals surface area contributed by atoms with E-state index in [-0.39, 0.29) is 43.7 Å². The number of amides is 2. The Morgan fingerprint density at radius 3 is 2.32 bits per heavy atom. The quantitative estimate of drug-likeness (QED) is 0.373. The van der Waals surface area contributed by atoms with Gasteiger partial charge in [-0.2, -0.15) is 0 Å². The molecule has 0 aliphatic rings. The van der Waals surface area contributed by atoms with E-state index < -0.39 is 16.1 Å². The van der Waals surface area contributed by atoms with Crippen LogP contribution in [0.2, 0.25) is 5.02 Å². The van der Waals surface area contributed by atoms with Gasteiger partial charge in [0, 0.05) is 31.1 Å². The van der Waals surface area contributed by atoms with Gasteiger partial charge in [-0.1, -0.05) is 62.7 Å². The molecular weight excluding hydrogens is 514 g/mol. The lowest BCUT2D eigenvalue weighted by atomic mass is 10.1. The number of hydrogen-bond acceptors (Lipinski definition) is 5. The first-order valence-electron chi connectivity index (χ1n) is 12.4. The van der Waals surface area contributed by atoms with Crippen LogP contribution < -0.4 is 14.4 Å². The number of carbonyl (C=O) groups excluding carboxylic acids is 2. The van der Waals surface area contributed by atoms with E-state index in [9.17, 15) is 18.0 Å². The molecule has 0 fully saturated rings. The number of nitrogens with one attached hydrogen (secondary N) is 1. The van der Waals surface area contributed by atoms with E-state index >= 15 is 0 Å². The third-order valence-corrected chi connectivity index (χ3v) is 7.42. The van der Waals surface area contributed by atoms with E-state index in [2.05, 4.69) is 5.32 Å². The number of hydrogen-bond donors (Lipinski definition) is 1. The normalized spacial score (nSPS) is 12.2. The molecule has 10 heteroatoms. The van der Waals surface area contributed by atoms with Gasteiger partial charge in [0.15, 0.2) is 0 Å². The Kier molecular flexibility index (Phi) is 11.7. The first-order chi connectivity index (χ1) is 17.5. The number of ether oxygens (including phenoxy) is 1. The molecule has 8 nitrogen and oxygen atoms in total. The fourth-order valence-electron chi connectivity index (χ4n) is 3.97. The Labute approximate surface area is 226 Å². The second kappa shape index (κ2) is 14.2. The number of carbonyl (C=O) groups is 2. The Hall–Kier alpha value is -2.78. The molecule has 0 aliphatic carbocycles. The molecule has 0 saturated heterocycles. The number of anilines is 1. The maximum absolute atomic E-state index is 13.5. The minimum Gasteiger partial charge on any atom is -0.495 e. The van der Waals surface area contributed by atoms with Gasteiger partial charge in [-0.3, -0.25) is 13.9 Å². The van der Waals surface area contributed by atoms with E-state index in [1.807, 2.05) is 39.0 Å². The number of rotatable bonds is 14. The van der Waals surface area contributed by atoms with Crippen molar-refractivity contribution in [3.05, 3.63) is 59.1 Å². The fourth-order valence-corrected chi connectivity index (χ4v) is 5.13. The third kappa shape index (κ3) is 8.93. The molecule has 0 saturated carbocycles. The van der Waals surface area contributed by atoms with Crippen molar-refractivity contribution in [2.45, 2.75) is 52.6 Å². The largest absolute Gasteiger partial charge is 0.495 e. The van der Waals surface area contributed by atoms with Gasteiger partial charge in [0.05, 0.1) is 19.1 Å². The van der Waals surface area contributed by atoms with Crippen LogP contribution in [0.25, 0.3) is 0 Å². The molecule has 0 radical (unpaired) electrons. The molecule has 2 aromatic carbocycles. The molecular formula is C27H38ClN3O5S. The summed E-state index contributed by atoms with van der Waals surface area (Å²) in [6, 6.07) is 13.4. The van der Waals surface area contributed by atoms with Gasteiger partial charge in [0.1, 0.15) is 11.8 Å². The number of para-hydroxylation sites is 2. The lowest BCUT2D eigenvalue weighted by Crippen LogP contribution is -2.49. The Morgan fingerprint density at radius 2 is 1.73 bits per heavy atom. The first-order valence-corrected chi connectivity index (χ1v) is 14.6. The van der Waals surface area contributed by atoms with Crippen molar-refractivity contribution in [1.29, 1.82) is 0 Å². The summed E-state index contributed by atoms with van der Waals surface area (Å²) in [5.74, 6) is 0.224. The molecule has 1 N–H and O–H groups in total. The van der Waals surface area contributed by atoms with Crippen LogP contribution in [-0.4, -0.2) is 57.6 Å². The smallest absolute Gasteiger partial charge is 0.242 e. The number of halogens is 1. The minimum atomic E-state index is -3.63. The van der Waals surface area contributed by atoms with Crippen LogP contribution in [0, 0.1) is 5.92 Å². The van der Waals surface area contributed by atoms with Crippen molar-refractivity contribution < 1.29 is 22.7 Å². The highest BCUT2D eigenvalue weighted by Gasteiger charge is 2.29. The molecule has 2 amide bonds. The Morgan fingerprint density at radius 1 is 1.08 bits per heavy atom. The van der Waals surface area contributed by atoms with Crippen LogP contribution in [0.1, 0.15) is 45.6 Å². The fraction of sp³-hybridized carbons (Fsp3) is 0.481.